The summed E-state index contributed by atoms with van der Waals surface area (Å²) < 4.78 is 21.2. The summed E-state index contributed by atoms with van der Waals surface area (Å²) in [6, 6.07) is 0. The Morgan fingerprint density at radius 2 is 0.873 bits per heavy atom. The molecule has 466 valence electrons. The quantitative estimate of drug-likeness (QED) is 0.0154. The molecule has 36 heteroatoms. The first-order chi connectivity index (χ1) is 37.3. The molecule has 0 aromatic rings. The molecular formula is C43H94N16O20. The van der Waals surface area contributed by atoms with Crippen LogP contribution in [0.4, 0.5) is 0 Å². The van der Waals surface area contributed by atoms with E-state index in [9.17, 15) is 81.7 Å². The Morgan fingerprint density at radius 3 is 1.30 bits per heavy atom. The van der Waals surface area contributed by atoms with Crippen molar-refractivity contribution >= 4 is 23.8 Å². The topological polar surface area (TPSA) is 644 Å². The zero-order valence-electron chi connectivity index (χ0n) is 44.3. The molecule has 2 saturated heterocycles. The van der Waals surface area contributed by atoms with Gasteiger partial charge in [0.2, 0.25) is 0 Å². The van der Waals surface area contributed by atoms with Gasteiger partial charge in [-0.15, -0.1) is 0 Å². The van der Waals surface area contributed by atoms with Crippen LogP contribution in [0, 0.1) is 10.8 Å². The zero-order valence-corrected chi connectivity index (χ0v) is 44.3. The first kappa shape index (κ1) is 73.1. The van der Waals surface area contributed by atoms with E-state index in [0.717, 1.165) is 25.9 Å². The summed E-state index contributed by atoms with van der Waals surface area (Å²) in [6.07, 6.45) is -27.5. The highest BCUT2D eigenvalue weighted by molar-refractivity contribution is 5.76. The maximum Gasteiger partial charge on any atom is 0.187 e. The summed E-state index contributed by atoms with van der Waals surface area (Å²) in [5.74, 6) is -0.288. The zero-order chi connectivity index (χ0) is 59.8. The Hall–Kier alpha value is -3.88. The minimum Gasteiger partial charge on any atom is -0.394 e. The monoisotopic (exact) mass is 1150 g/mol. The van der Waals surface area contributed by atoms with Crippen molar-refractivity contribution in [1.29, 1.82) is 10.8 Å². The lowest BCUT2D eigenvalue weighted by Gasteiger charge is -2.42. The number of nitrogens with one attached hydrogen (secondary N) is 6. The molecule has 0 aliphatic carbocycles. The number of nitrogens with two attached hydrogens (primary N) is 6. The lowest BCUT2D eigenvalue weighted by Crippen LogP contribution is -2.61. The third kappa shape index (κ3) is 28.1. The van der Waals surface area contributed by atoms with Crippen molar-refractivity contribution in [2.75, 3.05) is 118 Å². The van der Waals surface area contributed by atoms with Gasteiger partial charge in [0.25, 0.3) is 0 Å². The second kappa shape index (κ2) is 40.3. The van der Waals surface area contributed by atoms with Gasteiger partial charge in [-0.3, -0.25) is 25.7 Å². The minimum absolute atomic E-state index is 0.0273. The number of ether oxygens (including phenoxy) is 4. The summed E-state index contributed by atoms with van der Waals surface area (Å²) in [5.41, 5.74) is 32.0. The molecule has 18 atom stereocenters. The highest BCUT2D eigenvalue weighted by Gasteiger charge is 2.48. The van der Waals surface area contributed by atoms with Crippen LogP contribution >= 0.6 is 0 Å². The molecular weight excluding hydrogens is 1060 g/mol. The van der Waals surface area contributed by atoms with Gasteiger partial charge in [0.15, 0.2) is 36.4 Å². The highest BCUT2D eigenvalue weighted by Crippen LogP contribution is 2.26. The van der Waals surface area contributed by atoms with Gasteiger partial charge < -0.3 is 161 Å². The number of rotatable bonds is 39. The first-order valence-electron chi connectivity index (χ1n) is 25.7. The fourth-order valence-corrected chi connectivity index (χ4v) is 7.89. The number of aliphatic hydroxyl groups excluding tert-OH is 16. The molecule has 2 heterocycles. The van der Waals surface area contributed by atoms with Crippen molar-refractivity contribution in [2.45, 2.75) is 130 Å². The number of hydrogen-bond donors (Lipinski definition) is 28. The second-order valence-corrected chi connectivity index (χ2v) is 18.7. The number of nitrogens with zero attached hydrogens (tertiary/aromatic N) is 4. The normalized spacial score (nSPS) is 26.4. The molecule has 0 radical (unpaired) electrons. The van der Waals surface area contributed by atoms with Crippen LogP contribution in [0.25, 0.3) is 0 Å². The third-order valence-corrected chi connectivity index (χ3v) is 12.4. The van der Waals surface area contributed by atoms with Crippen LogP contribution in [0.5, 0.6) is 0 Å². The largest absolute Gasteiger partial charge is 0.394 e. The van der Waals surface area contributed by atoms with Crippen molar-refractivity contribution in [1.82, 2.24) is 31.1 Å². The van der Waals surface area contributed by atoms with Crippen LogP contribution in [0.3, 0.4) is 0 Å². The number of aliphatic imine (C=N–C) groups is 2. The molecule has 2 aliphatic rings. The van der Waals surface area contributed by atoms with Crippen molar-refractivity contribution in [3.05, 3.63) is 0 Å². The average molecular weight is 1160 g/mol. The smallest absolute Gasteiger partial charge is 0.187 e. The van der Waals surface area contributed by atoms with Crippen LogP contribution < -0.4 is 55.7 Å². The molecule has 36 nitrogen and oxygen atoms in total. The summed E-state index contributed by atoms with van der Waals surface area (Å²) in [7, 11) is 0. The summed E-state index contributed by atoms with van der Waals surface area (Å²) in [5, 5.41) is 186. The molecule has 2 rings (SSSR count). The summed E-state index contributed by atoms with van der Waals surface area (Å²) >= 11 is 0. The van der Waals surface area contributed by atoms with Gasteiger partial charge in [0.05, 0.1) is 45.2 Å². The van der Waals surface area contributed by atoms with E-state index >= 15 is 0 Å². The van der Waals surface area contributed by atoms with Crippen molar-refractivity contribution < 1.29 is 101 Å². The predicted octanol–water partition coefficient (Wildman–Crippen LogP) is -15.0. The van der Waals surface area contributed by atoms with E-state index in [-0.39, 0.29) is 36.9 Å². The standard InChI is InChI=1S/C23H50N8O10.C20H44N8O10/c24-22(25)29-5-2-8-31(9-3-6-30-23(26)27)7-1-4-28-10-13(34)16(36)20(14(35)11-32)41-21-19(39)18(38)17(37)15(12-33)40-21;21-19(22)26-2-5-28(6-3-27-20(23)24)4-1-25-7-10(31)13(33)17(11(32)8-29)38-18-16(36)15(35)14(34)12(9-30)37-18/h13-21,28,32-39H,1-12H2,(H4,24,25,29)(H4,26,27,30);10-18,25,29-36H,1-9H2,(H4,21,22,26)(H4,23,24,27)/t13?,14?,15?,16?,17-,18+,19?,20?,21-;10?,11?,12?,13?,14-,15+,16?,17?,18-/m00/s1. The Morgan fingerprint density at radius 1 is 0.481 bits per heavy atom. The molecule has 0 saturated carbocycles. The molecule has 0 aromatic heterocycles. The summed E-state index contributed by atoms with van der Waals surface area (Å²) in [4.78, 5) is 12.0. The second-order valence-electron chi connectivity index (χ2n) is 18.7. The van der Waals surface area contributed by atoms with Crippen molar-refractivity contribution in [3.8, 4) is 0 Å². The minimum atomic E-state index is -1.81. The van der Waals surface area contributed by atoms with E-state index in [2.05, 4.69) is 36.2 Å². The number of guanidine groups is 4. The van der Waals surface area contributed by atoms with Gasteiger partial charge >= 0.3 is 0 Å². The lowest BCUT2D eigenvalue weighted by molar-refractivity contribution is -0.327. The third-order valence-electron chi connectivity index (χ3n) is 12.4. The summed E-state index contributed by atoms with van der Waals surface area (Å²) in [6.45, 7) is 2.73. The highest BCUT2D eigenvalue weighted by atomic mass is 16.7. The van der Waals surface area contributed by atoms with Crippen molar-refractivity contribution in [3.63, 3.8) is 0 Å². The molecule has 0 amide bonds. The maximum absolute atomic E-state index is 10.6. The van der Waals surface area contributed by atoms with Gasteiger partial charge in [-0.05, 0) is 45.4 Å². The maximum atomic E-state index is 10.6. The van der Waals surface area contributed by atoms with Crippen LogP contribution in [0.1, 0.15) is 19.3 Å². The van der Waals surface area contributed by atoms with Crippen molar-refractivity contribution in [2.24, 2.45) is 44.4 Å². The van der Waals surface area contributed by atoms with Gasteiger partial charge in [-0.25, -0.2) is 0 Å². The van der Waals surface area contributed by atoms with Gasteiger partial charge in [0.1, 0.15) is 85.5 Å². The Labute approximate surface area is 457 Å². The van der Waals surface area contributed by atoms with Gasteiger partial charge in [-0.2, -0.15) is 0 Å². The first-order valence-corrected chi connectivity index (χ1v) is 25.7. The molecule has 12 unspecified atom stereocenters. The fraction of sp³-hybridized carbons (Fsp3) is 0.907. The Kier molecular flexibility index (Phi) is 37.3. The predicted molar refractivity (Wildman–Crippen MR) is 281 cm³/mol. The Balaban J connectivity index is 0.000000792. The molecule has 2 fully saturated rings. The van der Waals surface area contributed by atoms with Crippen LogP contribution in [-0.4, -0.2) is 344 Å². The lowest BCUT2D eigenvalue weighted by atomic mass is 9.98. The van der Waals surface area contributed by atoms with E-state index in [1.165, 1.54) is 0 Å². The molecule has 0 aromatic carbocycles. The van der Waals surface area contributed by atoms with Crippen LogP contribution in [0.15, 0.2) is 9.98 Å². The van der Waals surface area contributed by atoms with Gasteiger partial charge in [-0.1, -0.05) is 0 Å². The van der Waals surface area contributed by atoms with Crippen LogP contribution in [0.2, 0.25) is 0 Å². The van der Waals surface area contributed by atoms with Crippen LogP contribution in [-0.2, 0) is 18.9 Å². The van der Waals surface area contributed by atoms with Gasteiger partial charge in [0, 0.05) is 58.9 Å². The fourth-order valence-electron chi connectivity index (χ4n) is 7.89. The van der Waals surface area contributed by atoms with E-state index in [4.69, 9.17) is 64.2 Å². The molecule has 0 spiro atoms. The Bertz CT molecular complexity index is 1690. The molecule has 2 aliphatic heterocycles. The van der Waals surface area contributed by atoms with E-state index in [0.29, 0.717) is 71.9 Å². The molecule has 0 bridgehead atoms. The van der Waals surface area contributed by atoms with E-state index in [1.54, 1.807) is 0 Å². The number of aliphatic hydroxyl groups is 16. The van der Waals surface area contributed by atoms with E-state index < -0.39 is 137 Å². The average Bonchev–Trinajstić information content (AvgIpc) is 3.41. The molecule has 34 N–H and O–H groups in total. The molecule has 79 heavy (non-hydrogen) atoms. The SMILES string of the molecule is N=C(N)NCCCN(CCCN=C(N)N)CCCNCC(O)C(O)C(O[C@@H]1OC(CO)[C@H](O)[C@@H](O)C1O)C(O)CO.N=C(N)NCCN(CCN=C(N)N)CCNCC(O)C(O)C(O[C@@H]1OC(CO)[C@H](O)[C@@H](O)C1O)C(O)CO. The number of hydrogen-bond acceptors (Lipinski definition) is 28. The van der Waals surface area contributed by atoms with E-state index in [1.807, 2.05) is 4.90 Å².